The third kappa shape index (κ3) is 4.31. The van der Waals surface area contributed by atoms with Crippen molar-refractivity contribution in [2.24, 2.45) is 7.05 Å². The van der Waals surface area contributed by atoms with Gasteiger partial charge in [0.15, 0.2) is 0 Å². The van der Waals surface area contributed by atoms with Crippen molar-refractivity contribution in [3.8, 4) is 0 Å². The summed E-state index contributed by atoms with van der Waals surface area (Å²) in [6.45, 7) is 5.29. The molecular formula is C19H23NO3. The smallest absolute Gasteiger partial charge is 0.302 e. The van der Waals surface area contributed by atoms with Gasteiger partial charge in [-0.1, -0.05) is 29.8 Å². The molecule has 4 nitrogen and oxygen atoms in total. The van der Waals surface area contributed by atoms with Gasteiger partial charge in [0.05, 0.1) is 11.8 Å². The molecule has 0 aliphatic rings. The summed E-state index contributed by atoms with van der Waals surface area (Å²) in [6.07, 6.45) is 1.36. The Morgan fingerprint density at radius 1 is 1.13 bits per heavy atom. The minimum absolute atomic E-state index is 0.0202. The van der Waals surface area contributed by atoms with Gasteiger partial charge in [0.1, 0.15) is 0 Å². The second-order valence-electron chi connectivity index (χ2n) is 5.92. The predicted octanol–water partition coefficient (Wildman–Crippen LogP) is 3.45. The molecule has 0 radical (unpaired) electrons. The molecule has 0 saturated carbocycles. The number of hydrogen-bond donors (Lipinski definition) is 0. The van der Waals surface area contributed by atoms with Crippen LogP contribution in [0.25, 0.3) is 0 Å². The molecule has 0 amide bonds. The molecule has 122 valence electrons. The molecule has 0 spiro atoms. The third-order valence-corrected chi connectivity index (χ3v) is 3.95. The average molecular weight is 313 g/mol. The lowest BCUT2D eigenvalue weighted by molar-refractivity contribution is -0.145. The van der Waals surface area contributed by atoms with E-state index in [-0.39, 0.29) is 17.9 Å². The molecule has 2 aromatic rings. The number of esters is 1. The molecule has 1 atom stereocenters. The Labute approximate surface area is 137 Å². The number of benzene rings is 1. The number of nitrogens with zero attached hydrogens (tertiary/aromatic N) is 1. The molecule has 23 heavy (non-hydrogen) atoms. The molecule has 0 bridgehead atoms. The summed E-state index contributed by atoms with van der Waals surface area (Å²) in [5, 5.41) is 0. The van der Waals surface area contributed by atoms with Gasteiger partial charge in [0.2, 0.25) is 5.78 Å². The number of hydrogen-bond acceptors (Lipinski definition) is 3. The van der Waals surface area contributed by atoms with Crippen molar-refractivity contribution < 1.29 is 14.3 Å². The minimum Gasteiger partial charge on any atom is -0.463 e. The Morgan fingerprint density at radius 2 is 1.78 bits per heavy atom. The standard InChI is InChI=1S/C19H23NO3/c1-13-5-8-16(9-6-13)19(22)18-12-11-17(20(18)4)10-7-14(2)23-15(3)21/h5-6,8-9,11-12,14H,7,10H2,1-4H3. The van der Waals surface area contributed by atoms with Crippen LogP contribution in [0.5, 0.6) is 0 Å². The highest BCUT2D eigenvalue weighted by Gasteiger charge is 2.15. The number of aromatic nitrogens is 1. The molecule has 4 heteroatoms. The summed E-state index contributed by atoms with van der Waals surface area (Å²) >= 11 is 0. The van der Waals surface area contributed by atoms with Crippen molar-refractivity contribution in [2.45, 2.75) is 39.7 Å². The van der Waals surface area contributed by atoms with Gasteiger partial charge in [0.25, 0.3) is 0 Å². The van der Waals surface area contributed by atoms with Crippen molar-refractivity contribution in [1.29, 1.82) is 0 Å². The van der Waals surface area contributed by atoms with Gasteiger partial charge < -0.3 is 9.30 Å². The van der Waals surface area contributed by atoms with Crippen LogP contribution in [-0.2, 0) is 23.0 Å². The van der Waals surface area contributed by atoms with Crippen molar-refractivity contribution in [3.63, 3.8) is 0 Å². The zero-order chi connectivity index (χ0) is 17.0. The molecule has 0 N–H and O–H groups in total. The molecule has 1 aromatic heterocycles. The molecule has 0 aliphatic heterocycles. The van der Waals surface area contributed by atoms with Gasteiger partial charge in [-0.05, 0) is 38.8 Å². The van der Waals surface area contributed by atoms with E-state index in [0.29, 0.717) is 11.3 Å². The van der Waals surface area contributed by atoms with E-state index in [0.717, 1.165) is 24.1 Å². The van der Waals surface area contributed by atoms with Crippen LogP contribution in [0.4, 0.5) is 0 Å². The lowest BCUT2D eigenvalue weighted by atomic mass is 10.1. The molecule has 0 saturated heterocycles. The number of ether oxygens (including phenoxy) is 1. The first kappa shape index (κ1) is 17.0. The van der Waals surface area contributed by atoms with Gasteiger partial charge in [0, 0.05) is 25.2 Å². The number of rotatable bonds is 6. The summed E-state index contributed by atoms with van der Waals surface area (Å²) in [5.74, 6) is -0.244. The van der Waals surface area contributed by atoms with E-state index in [1.165, 1.54) is 6.92 Å². The van der Waals surface area contributed by atoms with E-state index in [9.17, 15) is 9.59 Å². The molecule has 1 aromatic carbocycles. The fraction of sp³-hybridized carbons (Fsp3) is 0.368. The third-order valence-electron chi connectivity index (χ3n) is 3.95. The average Bonchev–Trinajstić information content (AvgIpc) is 2.85. The highest BCUT2D eigenvalue weighted by molar-refractivity contribution is 6.08. The Morgan fingerprint density at radius 3 is 2.39 bits per heavy atom. The summed E-state index contributed by atoms with van der Waals surface area (Å²) in [5.41, 5.74) is 3.55. The zero-order valence-corrected chi connectivity index (χ0v) is 14.1. The summed E-state index contributed by atoms with van der Waals surface area (Å²) in [4.78, 5) is 23.5. The van der Waals surface area contributed by atoms with Crippen LogP contribution >= 0.6 is 0 Å². The normalized spacial score (nSPS) is 12.0. The maximum Gasteiger partial charge on any atom is 0.302 e. The first-order chi connectivity index (χ1) is 10.9. The van der Waals surface area contributed by atoms with Crippen LogP contribution in [0.15, 0.2) is 36.4 Å². The van der Waals surface area contributed by atoms with Gasteiger partial charge in [-0.15, -0.1) is 0 Å². The van der Waals surface area contributed by atoms with Crippen molar-refractivity contribution in [3.05, 3.63) is 58.9 Å². The van der Waals surface area contributed by atoms with Crippen LogP contribution in [-0.4, -0.2) is 22.4 Å². The first-order valence-electron chi connectivity index (χ1n) is 7.81. The zero-order valence-electron chi connectivity index (χ0n) is 14.1. The minimum atomic E-state index is -0.264. The predicted molar refractivity (Wildman–Crippen MR) is 89.6 cm³/mol. The fourth-order valence-electron chi connectivity index (χ4n) is 2.58. The number of ketones is 1. The molecule has 1 heterocycles. The van der Waals surface area contributed by atoms with Crippen LogP contribution < -0.4 is 0 Å². The Kier molecular flexibility index (Phi) is 5.37. The first-order valence-corrected chi connectivity index (χ1v) is 7.81. The van der Waals surface area contributed by atoms with Gasteiger partial charge >= 0.3 is 5.97 Å². The van der Waals surface area contributed by atoms with Crippen molar-refractivity contribution >= 4 is 11.8 Å². The Bertz CT molecular complexity index is 698. The maximum absolute atomic E-state index is 12.6. The van der Waals surface area contributed by atoms with E-state index >= 15 is 0 Å². The Hall–Kier alpha value is -2.36. The van der Waals surface area contributed by atoms with Gasteiger partial charge in [-0.2, -0.15) is 0 Å². The van der Waals surface area contributed by atoms with Crippen molar-refractivity contribution in [1.82, 2.24) is 4.57 Å². The van der Waals surface area contributed by atoms with Gasteiger partial charge in [-0.25, -0.2) is 0 Å². The van der Waals surface area contributed by atoms with E-state index in [4.69, 9.17) is 4.74 Å². The number of carbonyl (C=O) groups is 2. The second-order valence-corrected chi connectivity index (χ2v) is 5.92. The lowest BCUT2D eigenvalue weighted by Gasteiger charge is -2.12. The van der Waals surface area contributed by atoms with E-state index < -0.39 is 0 Å². The van der Waals surface area contributed by atoms with Crippen molar-refractivity contribution in [2.75, 3.05) is 0 Å². The van der Waals surface area contributed by atoms with E-state index in [1.807, 2.05) is 61.9 Å². The Balaban J connectivity index is 2.08. The molecule has 1 unspecified atom stereocenters. The van der Waals surface area contributed by atoms with Crippen LogP contribution in [0, 0.1) is 6.92 Å². The second kappa shape index (κ2) is 7.27. The topological polar surface area (TPSA) is 48.3 Å². The van der Waals surface area contributed by atoms with Crippen LogP contribution in [0.3, 0.4) is 0 Å². The summed E-state index contributed by atoms with van der Waals surface area (Å²) in [6, 6.07) is 11.4. The van der Waals surface area contributed by atoms with Gasteiger partial charge in [-0.3, -0.25) is 9.59 Å². The number of carbonyl (C=O) groups excluding carboxylic acids is 2. The summed E-state index contributed by atoms with van der Waals surface area (Å²) in [7, 11) is 1.90. The lowest BCUT2D eigenvalue weighted by Crippen LogP contribution is -2.14. The highest BCUT2D eigenvalue weighted by atomic mass is 16.5. The molecular weight excluding hydrogens is 290 g/mol. The highest BCUT2D eigenvalue weighted by Crippen LogP contribution is 2.16. The monoisotopic (exact) mass is 313 g/mol. The summed E-state index contributed by atoms with van der Waals surface area (Å²) < 4.78 is 7.05. The van der Waals surface area contributed by atoms with Crippen LogP contribution in [0.1, 0.15) is 47.6 Å². The maximum atomic E-state index is 12.6. The molecule has 0 fully saturated rings. The van der Waals surface area contributed by atoms with E-state index in [1.54, 1.807) is 0 Å². The van der Waals surface area contributed by atoms with E-state index in [2.05, 4.69) is 0 Å². The quantitative estimate of drug-likeness (QED) is 0.606. The number of aryl methyl sites for hydroxylation is 2. The molecule has 0 aliphatic carbocycles. The SMILES string of the molecule is CC(=O)OC(C)CCc1ccc(C(=O)c2ccc(C)cc2)n1C. The van der Waals surface area contributed by atoms with Crippen LogP contribution in [0.2, 0.25) is 0 Å². The fourth-order valence-corrected chi connectivity index (χ4v) is 2.58. The molecule has 2 rings (SSSR count). The largest absolute Gasteiger partial charge is 0.463 e.